The molecule has 156 valence electrons. The number of allylic oxidation sites excluding steroid dienone is 1. The van der Waals surface area contributed by atoms with Gasteiger partial charge >= 0.3 is 0 Å². The second-order valence-electron chi connectivity index (χ2n) is 7.43. The third-order valence-electron chi connectivity index (χ3n) is 5.32. The number of ether oxygens (including phenoxy) is 1. The van der Waals surface area contributed by atoms with Gasteiger partial charge in [0.2, 0.25) is 5.91 Å². The molecular weight excluding hydrogens is 405 g/mol. The van der Waals surface area contributed by atoms with Gasteiger partial charge in [-0.25, -0.2) is 4.39 Å². The summed E-state index contributed by atoms with van der Waals surface area (Å²) in [5.74, 6) is 0.706. The van der Waals surface area contributed by atoms with E-state index in [0.29, 0.717) is 12.4 Å². The van der Waals surface area contributed by atoms with Crippen molar-refractivity contribution in [1.29, 1.82) is 0 Å². The van der Waals surface area contributed by atoms with Crippen LogP contribution in [0.3, 0.4) is 0 Å². The molecule has 4 nitrogen and oxygen atoms in total. The predicted octanol–water partition coefficient (Wildman–Crippen LogP) is 6.54. The number of nitrogens with one attached hydrogen (secondary N) is 1. The molecule has 0 atom stereocenters. The fourth-order valence-corrected chi connectivity index (χ4v) is 4.07. The van der Waals surface area contributed by atoms with Crippen molar-refractivity contribution in [2.75, 3.05) is 11.9 Å². The van der Waals surface area contributed by atoms with Crippen LogP contribution in [0.5, 0.6) is 5.75 Å². The van der Waals surface area contributed by atoms with E-state index in [1.54, 1.807) is 0 Å². The van der Waals surface area contributed by atoms with Gasteiger partial charge in [-0.3, -0.25) is 4.79 Å². The lowest BCUT2D eigenvalue weighted by Crippen LogP contribution is -2.10. The molecule has 0 bridgehead atoms. The Kier molecular flexibility index (Phi) is 5.82. The van der Waals surface area contributed by atoms with Gasteiger partial charge < -0.3 is 14.5 Å². The largest absolute Gasteiger partial charge is 0.493 e. The van der Waals surface area contributed by atoms with Gasteiger partial charge in [-0.2, -0.15) is 0 Å². The molecule has 0 fully saturated rings. The van der Waals surface area contributed by atoms with Crippen LogP contribution in [0.25, 0.3) is 16.5 Å². The quantitative estimate of drug-likeness (QED) is 0.470. The molecule has 0 radical (unpaired) electrons. The van der Waals surface area contributed by atoms with Crippen LogP contribution in [0, 0.1) is 5.82 Å². The molecule has 1 N–H and O–H groups in total. The van der Waals surface area contributed by atoms with E-state index in [-0.39, 0.29) is 10.7 Å². The van der Waals surface area contributed by atoms with Crippen LogP contribution in [-0.4, -0.2) is 12.5 Å². The van der Waals surface area contributed by atoms with Crippen molar-refractivity contribution in [3.63, 3.8) is 0 Å². The summed E-state index contributed by atoms with van der Waals surface area (Å²) in [5, 5.41) is 3.91. The van der Waals surface area contributed by atoms with Crippen molar-refractivity contribution < 1.29 is 18.3 Å². The maximum Gasteiger partial charge on any atom is 0.248 e. The smallest absolute Gasteiger partial charge is 0.248 e. The molecule has 30 heavy (non-hydrogen) atoms. The molecule has 1 aromatic heterocycles. The van der Waals surface area contributed by atoms with Crippen LogP contribution < -0.4 is 10.1 Å². The van der Waals surface area contributed by atoms with Crippen molar-refractivity contribution in [3.05, 3.63) is 64.1 Å². The highest BCUT2D eigenvalue weighted by molar-refractivity contribution is 6.30. The Morgan fingerprint density at radius 3 is 2.83 bits per heavy atom. The molecule has 1 amide bonds. The fraction of sp³-hybridized carbons (Fsp3) is 0.292. The summed E-state index contributed by atoms with van der Waals surface area (Å²) in [6.45, 7) is 4.25. The highest BCUT2D eigenvalue weighted by Gasteiger charge is 2.20. The molecule has 3 aromatic rings. The molecule has 1 aliphatic rings. The lowest BCUT2D eigenvalue weighted by Gasteiger charge is -2.12. The Bertz CT molecular complexity index is 1150. The van der Waals surface area contributed by atoms with Gasteiger partial charge in [-0.1, -0.05) is 11.6 Å². The third-order valence-corrected chi connectivity index (χ3v) is 5.55. The number of fused-ring (bicyclic) bond motifs is 3. The second kappa shape index (κ2) is 8.52. The number of furan rings is 1. The molecule has 6 heteroatoms. The predicted molar refractivity (Wildman–Crippen MR) is 118 cm³/mol. The zero-order chi connectivity index (χ0) is 21.3. The number of carbonyl (C=O) groups excluding carboxylic acids is 1. The van der Waals surface area contributed by atoms with Crippen molar-refractivity contribution in [1.82, 2.24) is 0 Å². The number of benzene rings is 2. The van der Waals surface area contributed by atoms with Gasteiger partial charge in [-0.15, -0.1) is 0 Å². The second-order valence-corrected chi connectivity index (χ2v) is 7.87. The first-order chi connectivity index (χ1) is 14.5. The minimum absolute atomic E-state index is 0.0813. The summed E-state index contributed by atoms with van der Waals surface area (Å²) in [6.07, 6.45) is 5.68. The molecule has 1 aliphatic carbocycles. The van der Waals surface area contributed by atoms with Crippen molar-refractivity contribution in [3.8, 4) is 5.75 Å². The Balaban J connectivity index is 1.68. The SMILES string of the molecule is CCOc1cc2oc3c(c2cc1/C(C)=C/C(=O)Nc1ccc(Cl)cc1F)CCCC3. The van der Waals surface area contributed by atoms with Gasteiger partial charge in [-0.05, 0) is 62.9 Å². The zero-order valence-corrected chi connectivity index (χ0v) is 17.7. The Labute approximate surface area is 179 Å². The van der Waals surface area contributed by atoms with Crippen LogP contribution in [-0.2, 0) is 17.6 Å². The average molecular weight is 428 g/mol. The number of hydrogen-bond donors (Lipinski definition) is 1. The van der Waals surface area contributed by atoms with E-state index < -0.39 is 11.7 Å². The first kappa shape index (κ1) is 20.5. The summed E-state index contributed by atoms with van der Waals surface area (Å²) in [6, 6.07) is 8.07. The third kappa shape index (κ3) is 4.08. The minimum Gasteiger partial charge on any atom is -0.493 e. The molecule has 2 aromatic carbocycles. The monoisotopic (exact) mass is 427 g/mol. The Morgan fingerprint density at radius 2 is 2.07 bits per heavy atom. The molecular formula is C24H23ClFNO3. The van der Waals surface area contributed by atoms with Gasteiger partial charge in [0.15, 0.2) is 0 Å². The number of carbonyl (C=O) groups is 1. The number of anilines is 1. The van der Waals surface area contributed by atoms with Crippen molar-refractivity contribution in [2.45, 2.75) is 39.5 Å². The summed E-state index contributed by atoms with van der Waals surface area (Å²) < 4.78 is 25.9. The van der Waals surface area contributed by atoms with E-state index in [9.17, 15) is 9.18 Å². The average Bonchev–Trinajstić information content (AvgIpc) is 3.07. The van der Waals surface area contributed by atoms with Crippen LogP contribution in [0.4, 0.5) is 10.1 Å². The number of halogens is 2. The molecule has 4 rings (SSSR count). The molecule has 0 spiro atoms. The fourth-order valence-electron chi connectivity index (χ4n) is 3.91. The van der Waals surface area contributed by atoms with E-state index in [4.69, 9.17) is 20.8 Å². The normalized spacial score (nSPS) is 13.9. The maximum atomic E-state index is 14.0. The van der Waals surface area contributed by atoms with E-state index >= 15 is 0 Å². The first-order valence-electron chi connectivity index (χ1n) is 10.1. The van der Waals surface area contributed by atoms with Crippen molar-refractivity contribution in [2.24, 2.45) is 0 Å². The summed E-state index contributed by atoms with van der Waals surface area (Å²) >= 11 is 5.77. The lowest BCUT2D eigenvalue weighted by atomic mass is 9.94. The van der Waals surface area contributed by atoms with Gasteiger partial charge in [0.05, 0.1) is 12.3 Å². The van der Waals surface area contributed by atoms with Crippen LogP contribution in [0.1, 0.15) is 43.6 Å². The summed E-state index contributed by atoms with van der Waals surface area (Å²) in [7, 11) is 0. The van der Waals surface area contributed by atoms with Gasteiger partial charge in [0.1, 0.15) is 22.9 Å². The van der Waals surface area contributed by atoms with E-state index in [0.717, 1.165) is 59.6 Å². The molecule has 0 unspecified atom stereocenters. The number of amides is 1. The molecule has 0 saturated carbocycles. The van der Waals surface area contributed by atoms with E-state index in [1.807, 2.05) is 26.0 Å². The van der Waals surface area contributed by atoms with Gasteiger partial charge in [0.25, 0.3) is 0 Å². The summed E-state index contributed by atoms with van der Waals surface area (Å²) in [4.78, 5) is 12.5. The Morgan fingerprint density at radius 1 is 1.27 bits per heavy atom. The molecule has 0 aliphatic heterocycles. The standard InChI is InChI=1S/C24H23ClFNO3/c1-3-29-22-13-23-18(16-6-4-5-7-21(16)30-23)12-17(22)14(2)10-24(28)27-20-9-8-15(25)11-19(20)26/h8-13H,3-7H2,1-2H3,(H,27,28)/b14-10+. The highest BCUT2D eigenvalue weighted by Crippen LogP contribution is 2.38. The van der Waals surface area contributed by atoms with E-state index in [1.165, 1.54) is 23.8 Å². The van der Waals surface area contributed by atoms with Gasteiger partial charge in [0, 0.05) is 40.1 Å². The molecule has 0 saturated heterocycles. The molecule has 1 heterocycles. The zero-order valence-electron chi connectivity index (χ0n) is 17.0. The highest BCUT2D eigenvalue weighted by atomic mass is 35.5. The maximum absolute atomic E-state index is 14.0. The topological polar surface area (TPSA) is 51.5 Å². The van der Waals surface area contributed by atoms with Crippen LogP contribution in [0.2, 0.25) is 5.02 Å². The van der Waals surface area contributed by atoms with E-state index in [2.05, 4.69) is 5.32 Å². The first-order valence-corrected chi connectivity index (χ1v) is 10.5. The minimum atomic E-state index is -0.580. The van der Waals surface area contributed by atoms with Crippen LogP contribution >= 0.6 is 11.6 Å². The summed E-state index contributed by atoms with van der Waals surface area (Å²) in [5.41, 5.74) is 3.69. The Hall–Kier alpha value is -2.79. The lowest BCUT2D eigenvalue weighted by molar-refractivity contribution is -0.111. The number of hydrogen-bond acceptors (Lipinski definition) is 3. The van der Waals surface area contributed by atoms with Crippen LogP contribution in [0.15, 0.2) is 40.8 Å². The number of aryl methyl sites for hydroxylation is 2. The van der Waals surface area contributed by atoms with Crippen molar-refractivity contribution >= 4 is 39.7 Å². The number of rotatable bonds is 5.